The van der Waals surface area contributed by atoms with E-state index in [9.17, 15) is 9.90 Å². The molecule has 0 saturated carbocycles. The maximum Gasteiger partial charge on any atom is 0.339 e. The first kappa shape index (κ1) is 19.7. The lowest BCUT2D eigenvalue weighted by Crippen LogP contribution is -2.06. The predicted octanol–water partition coefficient (Wildman–Crippen LogP) is 3.75. The molecule has 1 N–H and O–H groups in total. The first-order valence-electron chi connectivity index (χ1n) is 9.10. The minimum atomic E-state index is -0.412. The lowest BCUT2D eigenvalue weighted by atomic mass is 10.0. The van der Waals surface area contributed by atoms with E-state index in [0.29, 0.717) is 35.2 Å². The topological polar surface area (TPSA) is 99.0 Å². The van der Waals surface area contributed by atoms with Crippen molar-refractivity contribution in [2.24, 2.45) is 0 Å². The van der Waals surface area contributed by atoms with Crippen molar-refractivity contribution in [2.75, 3.05) is 6.61 Å². The molecular weight excluding hydrogens is 366 g/mol. The molecule has 0 aliphatic rings. The van der Waals surface area contributed by atoms with Gasteiger partial charge < -0.3 is 14.4 Å². The Morgan fingerprint density at radius 3 is 2.38 bits per heavy atom. The summed E-state index contributed by atoms with van der Waals surface area (Å²) in [5.74, 6) is -0.325. The van der Waals surface area contributed by atoms with Crippen molar-refractivity contribution in [1.29, 1.82) is 10.5 Å². The molecule has 3 rings (SSSR count). The molecule has 29 heavy (non-hydrogen) atoms. The molecule has 2 aromatic carbocycles. The highest BCUT2D eigenvalue weighted by molar-refractivity contribution is 5.91. The van der Waals surface area contributed by atoms with E-state index in [0.717, 1.165) is 11.1 Å². The van der Waals surface area contributed by atoms with E-state index in [1.54, 1.807) is 42.0 Å². The average Bonchev–Trinajstić information content (AvgIpc) is 3.12. The highest BCUT2D eigenvalue weighted by Crippen LogP contribution is 2.23. The summed E-state index contributed by atoms with van der Waals surface area (Å²) >= 11 is 0. The number of carbonyl (C=O) groups excluding carboxylic acids is 1. The van der Waals surface area contributed by atoms with Crippen LogP contribution in [0.25, 0.3) is 0 Å². The van der Waals surface area contributed by atoms with Crippen molar-refractivity contribution in [3.8, 4) is 17.9 Å². The van der Waals surface area contributed by atoms with E-state index in [-0.39, 0.29) is 12.4 Å². The third-order valence-electron chi connectivity index (χ3n) is 4.50. The van der Waals surface area contributed by atoms with Gasteiger partial charge in [0.15, 0.2) is 0 Å². The lowest BCUT2D eigenvalue weighted by molar-refractivity contribution is 0.0525. The quantitative estimate of drug-likeness (QED) is 0.652. The number of ether oxygens (including phenoxy) is 1. The van der Waals surface area contributed by atoms with Crippen molar-refractivity contribution in [3.05, 3.63) is 88.2 Å². The van der Waals surface area contributed by atoms with Crippen molar-refractivity contribution in [1.82, 2.24) is 4.57 Å². The van der Waals surface area contributed by atoms with Crippen LogP contribution in [0.4, 0.5) is 0 Å². The molecule has 0 fully saturated rings. The fourth-order valence-electron chi connectivity index (χ4n) is 3.08. The first-order valence-corrected chi connectivity index (χ1v) is 9.10. The summed E-state index contributed by atoms with van der Waals surface area (Å²) in [6.07, 6.45) is 4.02. The van der Waals surface area contributed by atoms with Crippen LogP contribution in [-0.4, -0.2) is 22.2 Å². The third-order valence-corrected chi connectivity index (χ3v) is 4.50. The molecule has 1 aromatic heterocycles. The van der Waals surface area contributed by atoms with Crippen LogP contribution < -0.4 is 0 Å². The van der Waals surface area contributed by atoms with Gasteiger partial charge in [-0.1, -0.05) is 12.1 Å². The summed E-state index contributed by atoms with van der Waals surface area (Å²) in [6, 6.07) is 16.0. The Hall–Kier alpha value is -4.03. The highest BCUT2D eigenvalue weighted by Gasteiger charge is 2.17. The van der Waals surface area contributed by atoms with Gasteiger partial charge in [0.1, 0.15) is 5.75 Å². The van der Waals surface area contributed by atoms with Crippen LogP contribution >= 0.6 is 0 Å². The van der Waals surface area contributed by atoms with E-state index < -0.39 is 5.97 Å². The van der Waals surface area contributed by atoms with Gasteiger partial charge in [-0.25, -0.2) is 4.79 Å². The Morgan fingerprint density at radius 2 is 1.72 bits per heavy atom. The van der Waals surface area contributed by atoms with Crippen LogP contribution in [0.1, 0.15) is 45.1 Å². The number of carbonyl (C=O) groups is 1. The number of phenols is 1. The normalized spacial score (nSPS) is 10.2. The number of benzene rings is 2. The van der Waals surface area contributed by atoms with Gasteiger partial charge in [0, 0.05) is 18.0 Å². The second-order valence-corrected chi connectivity index (χ2v) is 6.53. The number of hydrogen-bond donors (Lipinski definition) is 1. The number of rotatable bonds is 6. The lowest BCUT2D eigenvalue weighted by Gasteiger charge is -2.06. The molecule has 0 saturated heterocycles. The molecule has 0 unspecified atom stereocenters. The van der Waals surface area contributed by atoms with E-state index in [1.165, 1.54) is 6.07 Å². The minimum absolute atomic E-state index is 0.0871. The number of aromatic hydroxyl groups is 1. The molecule has 0 amide bonds. The van der Waals surface area contributed by atoms with Gasteiger partial charge in [0.05, 0.1) is 42.0 Å². The number of nitrogens with zero attached hydrogens (tertiary/aromatic N) is 3. The highest BCUT2D eigenvalue weighted by atomic mass is 16.5. The Labute approximate surface area is 168 Å². The summed E-state index contributed by atoms with van der Waals surface area (Å²) in [7, 11) is 0. The van der Waals surface area contributed by atoms with Gasteiger partial charge in [-0.3, -0.25) is 0 Å². The van der Waals surface area contributed by atoms with Gasteiger partial charge in [0.2, 0.25) is 0 Å². The average molecular weight is 385 g/mol. The Balaban J connectivity index is 1.93. The van der Waals surface area contributed by atoms with E-state index in [4.69, 9.17) is 15.3 Å². The fraction of sp³-hybridized carbons (Fsp3) is 0.174. The molecule has 0 aliphatic carbocycles. The maximum absolute atomic E-state index is 12.4. The summed E-state index contributed by atoms with van der Waals surface area (Å²) in [4.78, 5) is 12.4. The summed E-state index contributed by atoms with van der Waals surface area (Å²) in [5, 5.41) is 28.1. The van der Waals surface area contributed by atoms with Gasteiger partial charge in [-0.2, -0.15) is 10.5 Å². The van der Waals surface area contributed by atoms with E-state index in [1.807, 2.05) is 18.3 Å². The Bertz CT molecular complexity index is 1120. The first-order chi connectivity index (χ1) is 14.0. The largest absolute Gasteiger partial charge is 0.508 e. The number of nitriles is 2. The van der Waals surface area contributed by atoms with Gasteiger partial charge in [-0.15, -0.1) is 0 Å². The smallest absolute Gasteiger partial charge is 0.339 e. The van der Waals surface area contributed by atoms with E-state index >= 15 is 0 Å². The predicted molar refractivity (Wildman–Crippen MR) is 106 cm³/mol. The zero-order valence-corrected chi connectivity index (χ0v) is 15.9. The van der Waals surface area contributed by atoms with E-state index in [2.05, 4.69) is 12.1 Å². The van der Waals surface area contributed by atoms with Crippen LogP contribution in [0.3, 0.4) is 0 Å². The fourth-order valence-corrected chi connectivity index (χ4v) is 3.08. The van der Waals surface area contributed by atoms with Gasteiger partial charge in [0.25, 0.3) is 0 Å². The van der Waals surface area contributed by atoms with Gasteiger partial charge >= 0.3 is 5.97 Å². The second kappa shape index (κ2) is 8.77. The van der Waals surface area contributed by atoms with Crippen LogP contribution in [0.2, 0.25) is 0 Å². The standard InChI is InChI=1S/C23H19N3O3/c1-2-29-23(28)21-15-26(14-20-10-18(12-25)7-8-22(20)27)13-19(21)9-16-3-5-17(11-24)6-4-16/h3-8,10,13,15,27H,2,9,14H2,1H3. The third kappa shape index (κ3) is 4.63. The number of esters is 1. The monoisotopic (exact) mass is 385 g/mol. The van der Waals surface area contributed by atoms with Crippen molar-refractivity contribution < 1.29 is 14.6 Å². The molecule has 1 heterocycles. The molecule has 0 aliphatic heterocycles. The Kier molecular flexibility index (Phi) is 5.97. The molecule has 0 bridgehead atoms. The van der Waals surface area contributed by atoms with Crippen LogP contribution in [0, 0.1) is 22.7 Å². The number of aromatic nitrogens is 1. The zero-order valence-electron chi connectivity index (χ0n) is 15.9. The van der Waals surface area contributed by atoms with Crippen molar-refractivity contribution in [2.45, 2.75) is 19.9 Å². The molecule has 6 nitrogen and oxygen atoms in total. The molecule has 144 valence electrons. The molecular formula is C23H19N3O3. The number of phenolic OH excluding ortho intramolecular Hbond substituents is 1. The molecule has 3 aromatic rings. The summed E-state index contributed by atoms with van der Waals surface area (Å²) < 4.78 is 6.97. The molecule has 0 atom stereocenters. The van der Waals surface area contributed by atoms with Gasteiger partial charge in [-0.05, 0) is 54.8 Å². The second-order valence-electron chi connectivity index (χ2n) is 6.53. The Morgan fingerprint density at radius 1 is 1.03 bits per heavy atom. The van der Waals surface area contributed by atoms with Crippen molar-refractivity contribution in [3.63, 3.8) is 0 Å². The SMILES string of the molecule is CCOC(=O)c1cn(Cc2cc(C#N)ccc2O)cc1Cc1ccc(C#N)cc1. The molecule has 6 heteroatoms. The van der Waals surface area contributed by atoms with Crippen LogP contribution in [0.15, 0.2) is 54.9 Å². The van der Waals surface area contributed by atoms with Crippen LogP contribution in [-0.2, 0) is 17.7 Å². The molecule has 0 spiro atoms. The summed E-state index contributed by atoms with van der Waals surface area (Å²) in [6.45, 7) is 2.33. The number of hydrogen-bond acceptors (Lipinski definition) is 5. The maximum atomic E-state index is 12.4. The minimum Gasteiger partial charge on any atom is -0.508 e. The zero-order chi connectivity index (χ0) is 20.8. The van der Waals surface area contributed by atoms with Crippen molar-refractivity contribution >= 4 is 5.97 Å². The molecule has 0 radical (unpaired) electrons. The summed E-state index contributed by atoms with van der Waals surface area (Å²) in [5.41, 5.74) is 3.80. The van der Waals surface area contributed by atoms with Crippen LogP contribution in [0.5, 0.6) is 5.75 Å².